The van der Waals surface area contributed by atoms with E-state index in [1.54, 1.807) is 0 Å². The van der Waals surface area contributed by atoms with E-state index in [-0.39, 0.29) is 6.54 Å². The maximum atomic E-state index is 13.3. The Morgan fingerprint density at radius 1 is 1.44 bits per heavy atom. The maximum Gasteiger partial charge on any atom is 0.242 e. The number of carbonyl (C=O) groups excluding carboxylic acids is 1. The lowest BCUT2D eigenvalue weighted by Crippen LogP contribution is -2.37. The number of hydrogen-bond acceptors (Lipinski definition) is 2. The molecule has 0 aliphatic heterocycles. The van der Waals surface area contributed by atoms with E-state index < -0.39 is 35.1 Å². The Morgan fingerprint density at radius 3 is 2.72 bits per heavy atom. The molecule has 0 aromatic heterocycles. The van der Waals surface area contributed by atoms with Crippen LogP contribution >= 0.6 is 0 Å². The molecule has 0 heterocycles. The van der Waals surface area contributed by atoms with Gasteiger partial charge in [0.05, 0.1) is 5.69 Å². The van der Waals surface area contributed by atoms with Gasteiger partial charge < -0.3 is 10.6 Å². The summed E-state index contributed by atoms with van der Waals surface area (Å²) in [6.07, 6.45) is 1.48. The van der Waals surface area contributed by atoms with Gasteiger partial charge >= 0.3 is 0 Å². The average Bonchev–Trinajstić information content (AvgIpc) is 2.32. The molecule has 0 radical (unpaired) electrons. The summed E-state index contributed by atoms with van der Waals surface area (Å²) in [5.74, 6) is -3.88. The fourth-order valence-electron chi connectivity index (χ4n) is 1.29. The van der Waals surface area contributed by atoms with Crippen molar-refractivity contribution in [2.45, 2.75) is 13.0 Å². The van der Waals surface area contributed by atoms with Crippen molar-refractivity contribution in [3.63, 3.8) is 0 Å². The highest BCUT2D eigenvalue weighted by Gasteiger charge is 2.16. The van der Waals surface area contributed by atoms with Gasteiger partial charge in [0, 0.05) is 18.7 Å². The lowest BCUT2D eigenvalue weighted by molar-refractivity contribution is -0.121. The molecule has 1 aromatic rings. The van der Waals surface area contributed by atoms with Crippen LogP contribution < -0.4 is 10.6 Å². The van der Waals surface area contributed by atoms with E-state index in [1.807, 2.05) is 0 Å². The van der Waals surface area contributed by atoms with Crippen LogP contribution in [0.15, 0.2) is 24.8 Å². The number of rotatable bonds is 5. The van der Waals surface area contributed by atoms with Gasteiger partial charge in [-0.15, -0.1) is 6.58 Å². The number of halogens is 3. The molecule has 1 unspecified atom stereocenters. The molecule has 0 fully saturated rings. The molecule has 0 spiro atoms. The minimum absolute atomic E-state index is 0.255. The predicted octanol–water partition coefficient (Wildman–Crippen LogP) is 2.21. The SMILES string of the molecule is C=CCNC(=O)C(C)Nc1cc(F)cc(F)c1F. The number of benzene rings is 1. The standard InChI is InChI=1S/C12H13F3N2O/c1-3-4-16-12(18)7(2)17-10-6-8(13)5-9(14)11(10)15/h3,5-7,17H,1,4H2,2H3,(H,16,18). The van der Waals surface area contributed by atoms with Gasteiger partial charge in [0.2, 0.25) is 5.91 Å². The first-order valence-electron chi connectivity index (χ1n) is 5.25. The third kappa shape index (κ3) is 3.51. The van der Waals surface area contributed by atoms with Crippen molar-refractivity contribution < 1.29 is 18.0 Å². The Kier molecular flexibility index (Phi) is 4.76. The maximum absolute atomic E-state index is 13.3. The first kappa shape index (κ1) is 14.1. The fourth-order valence-corrected chi connectivity index (χ4v) is 1.29. The van der Waals surface area contributed by atoms with Crippen molar-refractivity contribution in [2.75, 3.05) is 11.9 Å². The molecular weight excluding hydrogens is 245 g/mol. The van der Waals surface area contributed by atoms with Crippen molar-refractivity contribution in [1.82, 2.24) is 5.32 Å². The molecule has 98 valence electrons. The molecular formula is C12H13F3N2O. The zero-order valence-electron chi connectivity index (χ0n) is 9.77. The van der Waals surface area contributed by atoms with Crippen LogP contribution in [0, 0.1) is 17.5 Å². The van der Waals surface area contributed by atoms with Crippen LogP contribution in [0.5, 0.6) is 0 Å². The van der Waals surface area contributed by atoms with Crippen LogP contribution in [0.1, 0.15) is 6.92 Å². The molecule has 6 heteroatoms. The fraction of sp³-hybridized carbons (Fsp3) is 0.250. The van der Waals surface area contributed by atoms with Gasteiger partial charge in [-0.1, -0.05) is 6.08 Å². The minimum Gasteiger partial charge on any atom is -0.371 e. The summed E-state index contributed by atoms with van der Waals surface area (Å²) in [6, 6.07) is 0.388. The van der Waals surface area contributed by atoms with E-state index in [4.69, 9.17) is 0 Å². The van der Waals surface area contributed by atoms with Crippen molar-refractivity contribution in [1.29, 1.82) is 0 Å². The van der Waals surface area contributed by atoms with E-state index in [0.29, 0.717) is 6.07 Å². The number of carbonyl (C=O) groups is 1. The number of hydrogen-bond donors (Lipinski definition) is 2. The van der Waals surface area contributed by atoms with Crippen molar-refractivity contribution in [2.24, 2.45) is 0 Å². The summed E-state index contributed by atoms with van der Waals surface area (Å²) in [7, 11) is 0. The van der Waals surface area contributed by atoms with E-state index in [1.165, 1.54) is 13.0 Å². The number of nitrogens with one attached hydrogen (secondary N) is 2. The monoisotopic (exact) mass is 258 g/mol. The van der Waals surface area contributed by atoms with Gasteiger partial charge in [0.1, 0.15) is 11.9 Å². The Hall–Kier alpha value is -1.98. The molecule has 2 N–H and O–H groups in total. The second-order valence-corrected chi connectivity index (χ2v) is 3.65. The number of anilines is 1. The smallest absolute Gasteiger partial charge is 0.242 e. The molecule has 3 nitrogen and oxygen atoms in total. The van der Waals surface area contributed by atoms with Crippen molar-refractivity contribution in [3.8, 4) is 0 Å². The first-order valence-corrected chi connectivity index (χ1v) is 5.25. The zero-order chi connectivity index (χ0) is 13.7. The average molecular weight is 258 g/mol. The van der Waals surface area contributed by atoms with Crippen LogP contribution in [0.3, 0.4) is 0 Å². The molecule has 0 aliphatic rings. The van der Waals surface area contributed by atoms with Gasteiger partial charge in [0.15, 0.2) is 11.6 Å². The molecule has 0 saturated heterocycles. The third-order valence-corrected chi connectivity index (χ3v) is 2.18. The normalized spacial score (nSPS) is 11.8. The van der Waals surface area contributed by atoms with Crippen LogP contribution in [-0.4, -0.2) is 18.5 Å². The highest BCUT2D eigenvalue weighted by Crippen LogP contribution is 2.19. The van der Waals surface area contributed by atoms with E-state index in [2.05, 4.69) is 17.2 Å². The molecule has 1 atom stereocenters. The Bertz CT molecular complexity index is 463. The summed E-state index contributed by atoms with van der Waals surface area (Å²) in [4.78, 5) is 11.5. The molecule has 0 aliphatic carbocycles. The van der Waals surface area contributed by atoms with Gasteiger partial charge in [0.25, 0.3) is 0 Å². The summed E-state index contributed by atoms with van der Waals surface area (Å²) in [5, 5.41) is 4.87. The largest absolute Gasteiger partial charge is 0.371 e. The lowest BCUT2D eigenvalue weighted by atomic mass is 10.2. The van der Waals surface area contributed by atoms with E-state index >= 15 is 0 Å². The van der Waals surface area contributed by atoms with Crippen LogP contribution in [-0.2, 0) is 4.79 Å². The minimum atomic E-state index is -1.31. The van der Waals surface area contributed by atoms with Crippen molar-refractivity contribution >= 4 is 11.6 Å². The number of amides is 1. The van der Waals surface area contributed by atoms with E-state index in [0.717, 1.165) is 6.07 Å². The summed E-state index contributed by atoms with van der Waals surface area (Å²) in [6.45, 7) is 5.12. The Balaban J connectivity index is 2.78. The Labute approximate surface area is 103 Å². The Morgan fingerprint density at radius 2 is 2.11 bits per heavy atom. The third-order valence-electron chi connectivity index (χ3n) is 2.18. The molecule has 0 saturated carbocycles. The van der Waals surface area contributed by atoms with Gasteiger partial charge in [-0.3, -0.25) is 4.79 Å². The summed E-state index contributed by atoms with van der Waals surface area (Å²) < 4.78 is 39.1. The van der Waals surface area contributed by atoms with Gasteiger partial charge in [-0.25, -0.2) is 13.2 Å². The highest BCUT2D eigenvalue weighted by atomic mass is 19.2. The quantitative estimate of drug-likeness (QED) is 0.628. The topological polar surface area (TPSA) is 41.1 Å². The van der Waals surface area contributed by atoms with Gasteiger partial charge in [-0.05, 0) is 6.92 Å². The summed E-state index contributed by atoms with van der Waals surface area (Å²) >= 11 is 0. The molecule has 1 aromatic carbocycles. The second-order valence-electron chi connectivity index (χ2n) is 3.65. The van der Waals surface area contributed by atoms with E-state index in [9.17, 15) is 18.0 Å². The van der Waals surface area contributed by atoms with Crippen LogP contribution in [0.4, 0.5) is 18.9 Å². The lowest BCUT2D eigenvalue weighted by Gasteiger charge is -2.15. The first-order chi connectivity index (χ1) is 8.45. The van der Waals surface area contributed by atoms with Crippen LogP contribution in [0.25, 0.3) is 0 Å². The highest BCUT2D eigenvalue weighted by molar-refractivity contribution is 5.84. The summed E-state index contributed by atoms with van der Waals surface area (Å²) in [5.41, 5.74) is -0.395. The van der Waals surface area contributed by atoms with Gasteiger partial charge in [-0.2, -0.15) is 0 Å². The molecule has 0 bridgehead atoms. The predicted molar refractivity (Wildman–Crippen MR) is 62.6 cm³/mol. The zero-order valence-corrected chi connectivity index (χ0v) is 9.77. The van der Waals surface area contributed by atoms with Crippen LogP contribution in [0.2, 0.25) is 0 Å². The van der Waals surface area contributed by atoms with Crippen molar-refractivity contribution in [3.05, 3.63) is 42.2 Å². The molecule has 1 rings (SSSR count). The molecule has 1 amide bonds. The molecule has 18 heavy (non-hydrogen) atoms. The second kappa shape index (κ2) is 6.09.